The van der Waals surface area contributed by atoms with Gasteiger partial charge in [-0.2, -0.15) is 15.8 Å². The third kappa shape index (κ3) is 2.46. The molecule has 0 fully saturated rings. The Hall–Kier alpha value is -3.14. The van der Waals surface area contributed by atoms with Crippen molar-refractivity contribution in [3.8, 4) is 18.2 Å². The highest BCUT2D eigenvalue weighted by molar-refractivity contribution is 5.58. The molecule has 0 unspecified atom stereocenters. The van der Waals surface area contributed by atoms with Crippen LogP contribution in [-0.2, 0) is 0 Å². The second-order valence-corrected chi connectivity index (χ2v) is 6.56. The summed E-state index contributed by atoms with van der Waals surface area (Å²) in [5, 5.41) is 29.3. The average Bonchev–Trinajstić information content (AvgIpc) is 2.68. The molecule has 2 atom stereocenters. The van der Waals surface area contributed by atoms with Gasteiger partial charge in [0.25, 0.3) is 0 Å². The van der Waals surface area contributed by atoms with Crippen LogP contribution in [-0.4, -0.2) is 24.5 Å². The second-order valence-electron chi connectivity index (χ2n) is 6.56. The number of nitriles is 3. The maximum Gasteiger partial charge on any atom is 0.204 e. The van der Waals surface area contributed by atoms with E-state index in [0.717, 1.165) is 12.1 Å². The van der Waals surface area contributed by atoms with Crippen LogP contribution in [0.15, 0.2) is 47.2 Å². The third-order valence-electron chi connectivity index (χ3n) is 5.40. The third-order valence-corrected chi connectivity index (χ3v) is 5.40. The zero-order valence-electron chi connectivity index (χ0n) is 14.4. The lowest BCUT2D eigenvalue weighted by Crippen LogP contribution is -2.47. The van der Waals surface area contributed by atoms with E-state index < -0.39 is 11.3 Å². The van der Waals surface area contributed by atoms with E-state index in [-0.39, 0.29) is 23.0 Å². The Morgan fingerprint density at radius 2 is 1.88 bits per heavy atom. The first-order chi connectivity index (χ1) is 12.5. The van der Waals surface area contributed by atoms with Gasteiger partial charge in [0, 0.05) is 24.9 Å². The Morgan fingerprint density at radius 3 is 2.42 bits per heavy atom. The predicted molar refractivity (Wildman–Crippen MR) is 93.3 cm³/mol. The number of nitrogens with zero attached hydrogens (tertiary/aromatic N) is 4. The summed E-state index contributed by atoms with van der Waals surface area (Å²) in [5.41, 5.74) is 6.21. The van der Waals surface area contributed by atoms with E-state index in [2.05, 4.69) is 23.1 Å². The number of benzene rings is 1. The highest BCUT2D eigenvalue weighted by Crippen LogP contribution is 2.52. The van der Waals surface area contributed by atoms with E-state index in [0.29, 0.717) is 18.7 Å². The maximum atomic E-state index is 13.4. The normalized spacial score (nSPS) is 24.7. The van der Waals surface area contributed by atoms with Crippen LogP contribution in [0.2, 0.25) is 0 Å². The van der Waals surface area contributed by atoms with Crippen molar-refractivity contribution in [2.45, 2.75) is 12.8 Å². The Morgan fingerprint density at radius 1 is 1.23 bits per heavy atom. The Kier molecular flexibility index (Phi) is 4.51. The molecular formula is C20H18FN5. The van der Waals surface area contributed by atoms with E-state index in [1.807, 2.05) is 13.0 Å². The number of hydrogen-bond donors (Lipinski definition) is 1. The molecule has 1 heterocycles. The molecule has 1 aliphatic heterocycles. The number of fused-ring (bicyclic) bond motifs is 1. The van der Waals surface area contributed by atoms with Crippen molar-refractivity contribution in [3.05, 3.63) is 58.6 Å². The van der Waals surface area contributed by atoms with Crippen LogP contribution >= 0.6 is 0 Å². The van der Waals surface area contributed by atoms with Gasteiger partial charge in [0.15, 0.2) is 0 Å². The van der Waals surface area contributed by atoms with Crippen molar-refractivity contribution in [3.63, 3.8) is 0 Å². The van der Waals surface area contributed by atoms with Gasteiger partial charge in [0.05, 0.1) is 29.5 Å². The van der Waals surface area contributed by atoms with Crippen molar-refractivity contribution in [2.75, 3.05) is 19.6 Å². The number of likely N-dealkylation sites (N-methyl/N-ethyl adjacent to an activating group) is 1. The number of allylic oxidation sites excluding steroid dienone is 2. The summed E-state index contributed by atoms with van der Waals surface area (Å²) >= 11 is 0. The molecule has 0 spiro atoms. The van der Waals surface area contributed by atoms with Crippen molar-refractivity contribution < 1.29 is 4.39 Å². The fourth-order valence-electron chi connectivity index (χ4n) is 4.00. The van der Waals surface area contributed by atoms with Crippen LogP contribution in [0.3, 0.4) is 0 Å². The first kappa shape index (κ1) is 17.7. The van der Waals surface area contributed by atoms with E-state index in [1.54, 1.807) is 12.1 Å². The molecule has 0 radical (unpaired) electrons. The standard InChI is InChI=1S/C20H18FN5/c1-2-26-8-7-17-16(10-26)18(13-3-5-14(21)6-4-13)15(9-22)19(25)20(17,11-23)12-24/h3-7,16,18H,2,8,10,25H2,1H3/t16-,18+/m1/s1. The molecule has 5 nitrogen and oxygen atoms in total. The van der Waals surface area contributed by atoms with Gasteiger partial charge in [0.1, 0.15) is 5.82 Å². The minimum atomic E-state index is -1.62. The molecule has 0 bridgehead atoms. The summed E-state index contributed by atoms with van der Waals surface area (Å²) < 4.78 is 13.4. The molecule has 2 N–H and O–H groups in total. The van der Waals surface area contributed by atoms with Crippen LogP contribution in [0, 0.1) is 51.1 Å². The minimum absolute atomic E-state index is 0.00762. The second kappa shape index (κ2) is 6.64. The first-order valence-electron chi connectivity index (χ1n) is 8.43. The zero-order valence-corrected chi connectivity index (χ0v) is 14.4. The maximum absolute atomic E-state index is 13.4. The lowest BCUT2D eigenvalue weighted by Gasteiger charge is -2.44. The summed E-state index contributed by atoms with van der Waals surface area (Å²) in [4.78, 5) is 2.18. The monoisotopic (exact) mass is 347 g/mol. The molecule has 0 aromatic heterocycles. The quantitative estimate of drug-likeness (QED) is 0.829. The van der Waals surface area contributed by atoms with Gasteiger partial charge in [0.2, 0.25) is 5.41 Å². The molecule has 2 aliphatic rings. The van der Waals surface area contributed by atoms with Crippen molar-refractivity contribution in [1.82, 2.24) is 4.90 Å². The van der Waals surface area contributed by atoms with Gasteiger partial charge in [-0.25, -0.2) is 4.39 Å². The fraction of sp³-hybridized carbons (Fsp3) is 0.350. The molecule has 1 aromatic carbocycles. The lowest BCUT2D eigenvalue weighted by molar-refractivity contribution is 0.234. The SMILES string of the molecule is CCN1CC=C2[C@@H](C1)[C@@H](c1ccc(F)cc1)C(C#N)=C(N)C2(C#N)C#N. The Labute approximate surface area is 152 Å². The first-order valence-corrected chi connectivity index (χ1v) is 8.43. The van der Waals surface area contributed by atoms with Gasteiger partial charge in [-0.1, -0.05) is 25.1 Å². The number of nitrogens with two attached hydrogens (primary N) is 1. The number of hydrogen-bond acceptors (Lipinski definition) is 5. The van der Waals surface area contributed by atoms with Crippen LogP contribution in [0.4, 0.5) is 4.39 Å². The van der Waals surface area contributed by atoms with Gasteiger partial charge < -0.3 is 5.73 Å². The summed E-state index contributed by atoms with van der Waals surface area (Å²) in [6.45, 7) is 4.07. The van der Waals surface area contributed by atoms with E-state index in [1.165, 1.54) is 12.1 Å². The van der Waals surface area contributed by atoms with Gasteiger partial charge in [-0.05, 0) is 29.8 Å². The van der Waals surface area contributed by atoms with Crippen LogP contribution in [0.5, 0.6) is 0 Å². The molecule has 0 amide bonds. The van der Waals surface area contributed by atoms with E-state index in [4.69, 9.17) is 5.73 Å². The fourth-order valence-corrected chi connectivity index (χ4v) is 4.00. The summed E-state index contributed by atoms with van der Waals surface area (Å²) in [7, 11) is 0. The summed E-state index contributed by atoms with van der Waals surface area (Å²) in [6.07, 6.45) is 1.89. The highest BCUT2D eigenvalue weighted by atomic mass is 19.1. The number of rotatable bonds is 2. The molecule has 1 aliphatic carbocycles. The Bertz CT molecular complexity index is 893. The van der Waals surface area contributed by atoms with Crippen LogP contribution in [0.25, 0.3) is 0 Å². The molecule has 0 saturated heterocycles. The molecule has 3 rings (SSSR count). The largest absolute Gasteiger partial charge is 0.399 e. The topological polar surface area (TPSA) is 101 Å². The lowest BCUT2D eigenvalue weighted by atomic mass is 9.60. The van der Waals surface area contributed by atoms with Crippen LogP contribution in [0.1, 0.15) is 18.4 Å². The molecule has 26 heavy (non-hydrogen) atoms. The van der Waals surface area contributed by atoms with Crippen molar-refractivity contribution >= 4 is 0 Å². The van der Waals surface area contributed by atoms with Crippen LogP contribution < -0.4 is 5.73 Å². The van der Waals surface area contributed by atoms with E-state index >= 15 is 0 Å². The summed E-state index contributed by atoms with van der Waals surface area (Å²) in [6, 6.07) is 12.2. The van der Waals surface area contributed by atoms with E-state index in [9.17, 15) is 20.2 Å². The molecular weight excluding hydrogens is 329 g/mol. The van der Waals surface area contributed by atoms with Gasteiger partial charge >= 0.3 is 0 Å². The van der Waals surface area contributed by atoms with Crippen molar-refractivity contribution in [1.29, 1.82) is 15.8 Å². The molecule has 1 aromatic rings. The van der Waals surface area contributed by atoms with Gasteiger partial charge in [-0.15, -0.1) is 0 Å². The predicted octanol–water partition coefficient (Wildman–Crippen LogP) is 2.57. The highest BCUT2D eigenvalue weighted by Gasteiger charge is 2.52. The smallest absolute Gasteiger partial charge is 0.204 e. The molecule has 130 valence electrons. The molecule has 0 saturated carbocycles. The minimum Gasteiger partial charge on any atom is -0.399 e. The number of halogens is 1. The molecule has 6 heteroatoms. The zero-order chi connectivity index (χ0) is 18.9. The average molecular weight is 347 g/mol. The summed E-state index contributed by atoms with van der Waals surface area (Å²) in [5.74, 6) is -1.01. The Balaban J connectivity index is 2.28. The van der Waals surface area contributed by atoms with Crippen molar-refractivity contribution in [2.24, 2.45) is 17.1 Å². The van der Waals surface area contributed by atoms with Gasteiger partial charge in [-0.3, -0.25) is 4.90 Å².